The maximum Gasteiger partial charge on any atom is 0.0536 e. The Balaban J connectivity index is 0.00000144. The first kappa shape index (κ1) is 17.7. The third-order valence-corrected chi connectivity index (χ3v) is 3.40. The molecule has 0 unspecified atom stereocenters. The molecule has 18 heavy (non-hydrogen) atoms. The third-order valence-electron chi connectivity index (χ3n) is 3.40. The number of nitrogens with one attached hydrogen (secondary N) is 1. The van der Waals surface area contributed by atoms with Crippen molar-refractivity contribution in [2.45, 2.75) is 19.4 Å². The van der Waals surface area contributed by atoms with E-state index in [2.05, 4.69) is 15.3 Å². The van der Waals surface area contributed by atoms with Gasteiger partial charge >= 0.3 is 0 Å². The summed E-state index contributed by atoms with van der Waals surface area (Å²) in [6.45, 7) is 5.81. The molecule has 2 heterocycles. The summed E-state index contributed by atoms with van der Waals surface area (Å²) in [6, 6.07) is 1.99. The van der Waals surface area contributed by atoms with Gasteiger partial charge in [-0.25, -0.2) is 0 Å². The van der Waals surface area contributed by atoms with E-state index in [-0.39, 0.29) is 24.8 Å². The van der Waals surface area contributed by atoms with E-state index >= 15 is 0 Å². The fraction of sp³-hybridized carbons (Fsp3) is 0.750. The van der Waals surface area contributed by atoms with Gasteiger partial charge in [-0.1, -0.05) is 0 Å². The Kier molecular flexibility index (Phi) is 9.46. The van der Waals surface area contributed by atoms with Gasteiger partial charge in [0, 0.05) is 18.9 Å². The monoisotopic (exact) mass is 294 g/mol. The van der Waals surface area contributed by atoms with Gasteiger partial charge in [0.25, 0.3) is 0 Å². The second-order valence-electron chi connectivity index (χ2n) is 4.61. The molecule has 1 aliphatic rings. The molecule has 0 aromatic carbocycles. The average Bonchev–Trinajstić information content (AvgIpc) is 2.82. The molecule has 6 heteroatoms. The van der Waals surface area contributed by atoms with Crippen molar-refractivity contribution in [1.29, 1.82) is 0 Å². The number of rotatable bonds is 5. The van der Waals surface area contributed by atoms with E-state index in [0.717, 1.165) is 19.0 Å². The summed E-state index contributed by atoms with van der Waals surface area (Å²) in [5.74, 6) is 0.881. The molecule has 0 bridgehead atoms. The third kappa shape index (κ3) is 5.57. The molecule has 0 spiro atoms. The van der Waals surface area contributed by atoms with Gasteiger partial charge < -0.3 is 10.2 Å². The van der Waals surface area contributed by atoms with Crippen molar-refractivity contribution in [3.63, 3.8) is 0 Å². The van der Waals surface area contributed by atoms with Crippen LogP contribution in [0.25, 0.3) is 0 Å². The first-order valence-corrected chi connectivity index (χ1v) is 6.23. The highest BCUT2D eigenvalue weighted by molar-refractivity contribution is 5.85. The lowest BCUT2D eigenvalue weighted by molar-refractivity contribution is 0.176. The highest BCUT2D eigenvalue weighted by Gasteiger charge is 2.17. The molecule has 106 valence electrons. The van der Waals surface area contributed by atoms with Gasteiger partial charge in [-0.15, -0.1) is 24.8 Å². The zero-order valence-corrected chi connectivity index (χ0v) is 12.6. The first-order valence-electron chi connectivity index (χ1n) is 6.23. The quantitative estimate of drug-likeness (QED) is 0.897. The molecule has 1 aromatic heterocycles. The Morgan fingerprint density at radius 2 is 1.94 bits per heavy atom. The predicted octanol–water partition coefficient (Wildman–Crippen LogP) is 1.66. The second kappa shape index (κ2) is 9.62. The Morgan fingerprint density at radius 3 is 2.50 bits per heavy atom. The molecular weight excluding hydrogens is 271 g/mol. The van der Waals surface area contributed by atoms with Crippen LogP contribution in [0.15, 0.2) is 18.5 Å². The largest absolute Gasteiger partial charge is 0.319 e. The lowest BCUT2D eigenvalue weighted by Crippen LogP contribution is -2.38. The van der Waals surface area contributed by atoms with Gasteiger partial charge in [0.1, 0.15) is 0 Å². The number of nitrogens with zero attached hydrogens (tertiary/aromatic N) is 3. The maximum atomic E-state index is 4.23. The summed E-state index contributed by atoms with van der Waals surface area (Å²) < 4.78 is 2.01. The Morgan fingerprint density at radius 1 is 1.22 bits per heavy atom. The minimum atomic E-state index is 0. The van der Waals surface area contributed by atoms with Crippen molar-refractivity contribution in [1.82, 2.24) is 20.0 Å². The van der Waals surface area contributed by atoms with Gasteiger partial charge in [-0.05, 0) is 51.5 Å². The van der Waals surface area contributed by atoms with Crippen molar-refractivity contribution in [2.75, 3.05) is 33.2 Å². The van der Waals surface area contributed by atoms with Crippen LogP contribution in [0.5, 0.6) is 0 Å². The van der Waals surface area contributed by atoms with E-state index in [1.54, 1.807) is 0 Å². The fourth-order valence-electron chi connectivity index (χ4n) is 2.38. The summed E-state index contributed by atoms with van der Waals surface area (Å²) in [5.41, 5.74) is 0. The lowest BCUT2D eigenvalue weighted by atomic mass is 9.97. The maximum absolute atomic E-state index is 4.23. The van der Waals surface area contributed by atoms with Gasteiger partial charge in [-0.3, -0.25) is 4.68 Å². The second-order valence-corrected chi connectivity index (χ2v) is 4.61. The van der Waals surface area contributed by atoms with Crippen LogP contribution < -0.4 is 5.32 Å². The molecule has 1 aliphatic heterocycles. The zero-order valence-electron chi connectivity index (χ0n) is 10.9. The number of hydrogen-bond donors (Lipinski definition) is 1. The van der Waals surface area contributed by atoms with Crippen LogP contribution >= 0.6 is 24.8 Å². The van der Waals surface area contributed by atoms with Gasteiger partial charge in [-0.2, -0.15) is 5.10 Å². The first-order chi connectivity index (χ1) is 7.88. The van der Waals surface area contributed by atoms with E-state index in [1.807, 2.05) is 30.2 Å². The van der Waals surface area contributed by atoms with Crippen molar-refractivity contribution < 1.29 is 0 Å². The summed E-state index contributed by atoms with van der Waals surface area (Å²) >= 11 is 0. The van der Waals surface area contributed by atoms with Crippen LogP contribution in [0.4, 0.5) is 0 Å². The summed E-state index contributed by atoms with van der Waals surface area (Å²) in [4.78, 5) is 2.55. The lowest BCUT2D eigenvalue weighted by Gasteiger charge is -2.31. The van der Waals surface area contributed by atoms with Crippen LogP contribution in [0.1, 0.15) is 12.8 Å². The normalized spacial score (nSPS) is 16.9. The molecule has 1 N–H and O–H groups in total. The number of halogens is 2. The van der Waals surface area contributed by atoms with Crippen molar-refractivity contribution in [2.24, 2.45) is 5.92 Å². The number of hydrogen-bond acceptors (Lipinski definition) is 3. The molecule has 1 fully saturated rings. The zero-order chi connectivity index (χ0) is 11.2. The molecule has 0 saturated carbocycles. The number of likely N-dealkylation sites (tertiary alicyclic amines) is 1. The van der Waals surface area contributed by atoms with Crippen LogP contribution in [0.3, 0.4) is 0 Å². The van der Waals surface area contributed by atoms with Crippen molar-refractivity contribution in [3.05, 3.63) is 18.5 Å². The smallest absolute Gasteiger partial charge is 0.0536 e. The topological polar surface area (TPSA) is 33.1 Å². The SMILES string of the molecule is CNCC1CCN(CCn2cccn2)CC1.Cl.Cl. The van der Waals surface area contributed by atoms with E-state index < -0.39 is 0 Å². The highest BCUT2D eigenvalue weighted by atomic mass is 35.5. The molecule has 1 aromatic rings. The van der Waals surface area contributed by atoms with E-state index in [4.69, 9.17) is 0 Å². The van der Waals surface area contributed by atoms with E-state index in [0.29, 0.717) is 0 Å². The fourth-order valence-corrected chi connectivity index (χ4v) is 2.38. The Bertz CT molecular complexity index is 284. The minimum absolute atomic E-state index is 0. The Hall–Kier alpha value is -0.290. The summed E-state index contributed by atoms with van der Waals surface area (Å²) in [6.07, 6.45) is 6.55. The van der Waals surface area contributed by atoms with Crippen LogP contribution in [-0.2, 0) is 6.54 Å². The van der Waals surface area contributed by atoms with Crippen LogP contribution in [0.2, 0.25) is 0 Å². The molecule has 0 atom stereocenters. The molecule has 0 radical (unpaired) electrons. The molecule has 4 nitrogen and oxygen atoms in total. The average molecular weight is 295 g/mol. The Labute approximate surface area is 122 Å². The summed E-state index contributed by atoms with van der Waals surface area (Å²) in [7, 11) is 2.05. The van der Waals surface area contributed by atoms with Crippen molar-refractivity contribution in [3.8, 4) is 0 Å². The number of piperidine rings is 1. The minimum Gasteiger partial charge on any atom is -0.319 e. The van der Waals surface area contributed by atoms with Gasteiger partial charge in [0.2, 0.25) is 0 Å². The number of aromatic nitrogens is 2. The molecule has 1 saturated heterocycles. The van der Waals surface area contributed by atoms with Crippen LogP contribution in [-0.4, -0.2) is 47.9 Å². The molecule has 0 aliphatic carbocycles. The van der Waals surface area contributed by atoms with Crippen molar-refractivity contribution >= 4 is 24.8 Å². The molecule has 2 rings (SSSR count). The predicted molar refractivity (Wildman–Crippen MR) is 79.8 cm³/mol. The van der Waals surface area contributed by atoms with E-state index in [9.17, 15) is 0 Å². The highest BCUT2D eigenvalue weighted by Crippen LogP contribution is 2.15. The van der Waals surface area contributed by atoms with Gasteiger partial charge in [0.15, 0.2) is 0 Å². The van der Waals surface area contributed by atoms with Crippen LogP contribution in [0, 0.1) is 5.92 Å². The van der Waals surface area contributed by atoms with Gasteiger partial charge in [0.05, 0.1) is 6.54 Å². The summed E-state index contributed by atoms with van der Waals surface area (Å²) in [5, 5.41) is 7.50. The van der Waals surface area contributed by atoms with E-state index in [1.165, 1.54) is 32.5 Å². The molecule has 0 amide bonds. The standard InChI is InChI=1S/C12H22N4.2ClH/c1-13-11-12-3-7-15(8-4-12)9-10-16-6-2-5-14-16;;/h2,5-6,12-13H,3-4,7-11H2,1H3;2*1H. The molecular formula is C12H24Cl2N4.